The number of nitrogen functional groups attached to an aromatic ring is 2. The maximum absolute atomic E-state index is 9.00. The van der Waals surface area contributed by atoms with Gasteiger partial charge in [0.1, 0.15) is 11.5 Å². The SMILES string of the molecule is CC(=O)O.N=C(N)c1ccc(-c2ccc(-c3ccc(C(=N)N)o3)o2)nc1. The second-order valence-corrected chi connectivity index (χ2v) is 5.11. The fraction of sp³-hybridized carbons (Fsp3) is 0.0588. The first-order valence-electron chi connectivity index (χ1n) is 7.32. The highest BCUT2D eigenvalue weighted by Gasteiger charge is 2.12. The number of nitrogens with two attached hydrogens (primary N) is 2. The minimum absolute atomic E-state index is 0.0356. The van der Waals surface area contributed by atoms with Gasteiger partial charge >= 0.3 is 0 Å². The number of hydrogen-bond donors (Lipinski definition) is 5. The molecule has 0 saturated carbocycles. The van der Waals surface area contributed by atoms with Gasteiger partial charge in [-0.15, -0.1) is 0 Å². The monoisotopic (exact) mass is 355 g/mol. The number of carboxylic acid groups (broad SMARTS) is 1. The Labute approximate surface area is 148 Å². The van der Waals surface area contributed by atoms with Gasteiger partial charge in [0.25, 0.3) is 5.97 Å². The van der Waals surface area contributed by atoms with E-state index in [2.05, 4.69) is 4.98 Å². The average molecular weight is 355 g/mol. The Kier molecular flexibility index (Phi) is 5.53. The van der Waals surface area contributed by atoms with Crippen LogP contribution in [0.1, 0.15) is 18.2 Å². The minimum Gasteiger partial charge on any atom is -0.481 e. The molecule has 0 aromatic carbocycles. The van der Waals surface area contributed by atoms with Crippen molar-refractivity contribution in [3.8, 4) is 23.0 Å². The molecule has 0 spiro atoms. The van der Waals surface area contributed by atoms with Crippen LogP contribution in [0.3, 0.4) is 0 Å². The smallest absolute Gasteiger partial charge is 0.300 e. The maximum atomic E-state index is 9.00. The molecule has 3 rings (SSSR count). The van der Waals surface area contributed by atoms with Crippen LogP contribution in [0.2, 0.25) is 0 Å². The third kappa shape index (κ3) is 4.57. The molecule has 0 atom stereocenters. The third-order valence-electron chi connectivity index (χ3n) is 3.05. The number of pyridine rings is 1. The van der Waals surface area contributed by atoms with Crippen molar-refractivity contribution in [2.75, 3.05) is 0 Å². The first-order chi connectivity index (χ1) is 12.3. The molecule has 0 saturated heterocycles. The molecule has 0 amide bonds. The quantitative estimate of drug-likeness (QED) is 0.352. The van der Waals surface area contributed by atoms with Gasteiger partial charge in [-0.3, -0.25) is 20.6 Å². The van der Waals surface area contributed by atoms with Crippen molar-refractivity contribution in [3.05, 3.63) is 53.9 Å². The van der Waals surface area contributed by atoms with Crippen molar-refractivity contribution in [3.63, 3.8) is 0 Å². The molecule has 0 bridgehead atoms. The van der Waals surface area contributed by atoms with E-state index in [9.17, 15) is 0 Å². The molecule has 0 radical (unpaired) electrons. The van der Waals surface area contributed by atoms with E-state index >= 15 is 0 Å². The van der Waals surface area contributed by atoms with Gasteiger partial charge in [-0.2, -0.15) is 0 Å². The fourth-order valence-corrected chi connectivity index (χ4v) is 1.92. The molecule has 9 heteroatoms. The molecule has 134 valence electrons. The second kappa shape index (κ2) is 7.79. The van der Waals surface area contributed by atoms with Gasteiger partial charge < -0.3 is 25.4 Å². The lowest BCUT2D eigenvalue weighted by molar-refractivity contribution is -0.134. The minimum atomic E-state index is -0.833. The Morgan fingerprint density at radius 1 is 0.962 bits per heavy atom. The van der Waals surface area contributed by atoms with Crippen LogP contribution in [0.5, 0.6) is 0 Å². The summed E-state index contributed by atoms with van der Waals surface area (Å²) < 4.78 is 11.1. The van der Waals surface area contributed by atoms with Crippen LogP contribution in [0.4, 0.5) is 0 Å². The number of hydrogen-bond acceptors (Lipinski definition) is 6. The van der Waals surface area contributed by atoms with E-state index in [4.69, 9.17) is 41.0 Å². The number of amidine groups is 2. The Balaban J connectivity index is 0.000000552. The number of furan rings is 2. The lowest BCUT2D eigenvalue weighted by Gasteiger charge is -1.99. The van der Waals surface area contributed by atoms with Gasteiger partial charge in [0.15, 0.2) is 28.9 Å². The molecule has 0 aliphatic carbocycles. The van der Waals surface area contributed by atoms with E-state index in [-0.39, 0.29) is 17.4 Å². The number of carbonyl (C=O) groups is 1. The molecule has 3 aromatic rings. The van der Waals surface area contributed by atoms with Gasteiger partial charge in [-0.05, 0) is 36.4 Å². The summed E-state index contributed by atoms with van der Waals surface area (Å²) in [5, 5.41) is 22.1. The van der Waals surface area contributed by atoms with Crippen LogP contribution in [-0.2, 0) is 4.79 Å². The summed E-state index contributed by atoms with van der Waals surface area (Å²) in [4.78, 5) is 13.2. The Morgan fingerprint density at radius 2 is 1.54 bits per heavy atom. The zero-order valence-corrected chi connectivity index (χ0v) is 13.8. The normalized spacial score (nSPS) is 9.88. The van der Waals surface area contributed by atoms with E-state index < -0.39 is 5.97 Å². The average Bonchev–Trinajstić information content (AvgIpc) is 3.23. The maximum Gasteiger partial charge on any atom is 0.300 e. The summed E-state index contributed by atoms with van der Waals surface area (Å²) in [6.07, 6.45) is 1.51. The summed E-state index contributed by atoms with van der Waals surface area (Å²) in [6, 6.07) is 10.2. The topological polar surface area (TPSA) is 176 Å². The van der Waals surface area contributed by atoms with Crippen LogP contribution in [0.15, 0.2) is 51.4 Å². The molecule has 9 nitrogen and oxygen atoms in total. The van der Waals surface area contributed by atoms with Gasteiger partial charge in [-0.1, -0.05) is 0 Å². The van der Waals surface area contributed by atoms with Crippen molar-refractivity contribution in [1.29, 1.82) is 10.8 Å². The summed E-state index contributed by atoms with van der Waals surface area (Å²) in [5.74, 6) is 0.838. The Hall–Kier alpha value is -3.88. The van der Waals surface area contributed by atoms with Crippen LogP contribution >= 0.6 is 0 Å². The molecule has 3 aromatic heterocycles. The Morgan fingerprint density at radius 3 is 2.04 bits per heavy atom. The van der Waals surface area contributed by atoms with Gasteiger partial charge in [-0.25, -0.2) is 0 Å². The van der Waals surface area contributed by atoms with E-state index in [0.717, 1.165) is 6.92 Å². The summed E-state index contributed by atoms with van der Waals surface area (Å²) in [5.41, 5.74) is 11.9. The lowest BCUT2D eigenvalue weighted by atomic mass is 10.2. The number of nitrogens with zero attached hydrogens (tertiary/aromatic N) is 1. The highest BCUT2D eigenvalue weighted by molar-refractivity contribution is 5.94. The zero-order chi connectivity index (χ0) is 19.3. The summed E-state index contributed by atoms with van der Waals surface area (Å²) in [7, 11) is 0. The molecule has 0 unspecified atom stereocenters. The predicted octanol–water partition coefficient (Wildman–Crippen LogP) is 2.26. The van der Waals surface area contributed by atoms with Crippen molar-refractivity contribution in [2.45, 2.75) is 6.92 Å². The molecule has 3 heterocycles. The Bertz CT molecular complexity index is 936. The van der Waals surface area contributed by atoms with Crippen molar-refractivity contribution in [2.24, 2.45) is 11.5 Å². The molecular formula is C17H17N5O4. The lowest BCUT2D eigenvalue weighted by Crippen LogP contribution is -2.11. The number of aliphatic carboxylic acids is 1. The van der Waals surface area contributed by atoms with Crippen LogP contribution in [-0.4, -0.2) is 27.7 Å². The van der Waals surface area contributed by atoms with Gasteiger partial charge in [0.2, 0.25) is 0 Å². The van der Waals surface area contributed by atoms with E-state index in [0.29, 0.717) is 28.5 Å². The zero-order valence-electron chi connectivity index (χ0n) is 13.8. The van der Waals surface area contributed by atoms with Crippen molar-refractivity contribution < 1.29 is 18.7 Å². The molecule has 0 fully saturated rings. The molecule has 26 heavy (non-hydrogen) atoms. The second-order valence-electron chi connectivity index (χ2n) is 5.11. The standard InChI is InChI=1S/C15H13N5O2.C2H4O2/c16-14(17)8-1-2-9(20-7-8)10-3-4-11(21-10)12-5-6-13(22-12)15(18)19;1-2(3)4/h1-7H,(H3,16,17)(H3,18,19);1H3,(H,3,4). The van der Waals surface area contributed by atoms with Crippen LogP contribution in [0.25, 0.3) is 23.0 Å². The highest BCUT2D eigenvalue weighted by Crippen LogP contribution is 2.28. The molecule has 7 N–H and O–H groups in total. The highest BCUT2D eigenvalue weighted by atomic mass is 16.4. The first kappa shape index (κ1) is 18.5. The predicted molar refractivity (Wildman–Crippen MR) is 95.0 cm³/mol. The first-order valence-corrected chi connectivity index (χ1v) is 7.32. The van der Waals surface area contributed by atoms with E-state index in [1.54, 1.807) is 36.4 Å². The summed E-state index contributed by atoms with van der Waals surface area (Å²) in [6.45, 7) is 1.08. The molecular weight excluding hydrogens is 338 g/mol. The summed E-state index contributed by atoms with van der Waals surface area (Å²) >= 11 is 0. The van der Waals surface area contributed by atoms with E-state index in [1.165, 1.54) is 6.20 Å². The van der Waals surface area contributed by atoms with Crippen molar-refractivity contribution in [1.82, 2.24) is 4.98 Å². The van der Waals surface area contributed by atoms with Gasteiger partial charge in [0.05, 0.1) is 0 Å². The number of carboxylic acids is 1. The third-order valence-corrected chi connectivity index (χ3v) is 3.05. The molecule has 0 aliphatic rings. The number of nitrogens with one attached hydrogen (secondary N) is 2. The largest absolute Gasteiger partial charge is 0.481 e. The van der Waals surface area contributed by atoms with Crippen LogP contribution < -0.4 is 11.5 Å². The fourth-order valence-electron chi connectivity index (χ4n) is 1.92. The van der Waals surface area contributed by atoms with Gasteiger partial charge in [0, 0.05) is 18.7 Å². The van der Waals surface area contributed by atoms with Crippen LogP contribution in [0, 0.1) is 10.8 Å². The van der Waals surface area contributed by atoms with Crippen molar-refractivity contribution >= 4 is 17.6 Å². The molecule has 0 aliphatic heterocycles. The number of rotatable bonds is 4. The number of aromatic nitrogens is 1. The van der Waals surface area contributed by atoms with E-state index in [1.807, 2.05) is 0 Å².